The number of carboxylic acid groups (broad SMARTS) is 2. The molecule has 1 aliphatic rings. The Balaban J connectivity index is 2.41. The van der Waals surface area contributed by atoms with Gasteiger partial charge in [-0.15, -0.1) is 0 Å². The Labute approximate surface area is 110 Å². The van der Waals surface area contributed by atoms with Gasteiger partial charge in [-0.1, -0.05) is 0 Å². The number of carboxylic acids is 2. The van der Waals surface area contributed by atoms with Crippen LogP contribution in [-0.4, -0.2) is 65.9 Å². The minimum atomic E-state index is -1.25. The monoisotopic (exact) mass is 274 g/mol. The van der Waals surface area contributed by atoms with E-state index < -0.39 is 31.1 Å². The van der Waals surface area contributed by atoms with Crippen molar-refractivity contribution in [2.45, 2.75) is 12.8 Å². The predicted octanol–water partition coefficient (Wildman–Crippen LogP) is -0.406. The molecule has 1 fully saturated rings. The molecule has 0 aromatic carbocycles. The molecule has 8 nitrogen and oxygen atoms in total. The number of carbonyl (C=O) groups excluding carboxylic acids is 1. The number of carbonyl (C=O) groups is 3. The van der Waals surface area contributed by atoms with Crippen LogP contribution in [-0.2, 0) is 14.3 Å². The number of amides is 2. The standard InChI is InChI=1S/C11H18N2O6/c14-9(15)5-13(6-10(16)17)11(18)12-4-8-2-1-3-19-7-8/h8H,1-7H2,(H,12,18)(H,14,15)(H,16,17). The van der Waals surface area contributed by atoms with Gasteiger partial charge >= 0.3 is 18.0 Å². The molecule has 1 rings (SSSR count). The normalized spacial score (nSPS) is 18.6. The van der Waals surface area contributed by atoms with Crippen LogP contribution in [0.15, 0.2) is 0 Å². The average Bonchev–Trinajstić information content (AvgIpc) is 2.35. The smallest absolute Gasteiger partial charge is 0.323 e. The van der Waals surface area contributed by atoms with E-state index >= 15 is 0 Å². The van der Waals surface area contributed by atoms with Gasteiger partial charge < -0.3 is 25.2 Å². The topological polar surface area (TPSA) is 116 Å². The van der Waals surface area contributed by atoms with Crippen LogP contribution in [0.25, 0.3) is 0 Å². The highest BCUT2D eigenvalue weighted by Crippen LogP contribution is 2.12. The van der Waals surface area contributed by atoms with Crippen molar-refractivity contribution in [2.75, 3.05) is 32.8 Å². The summed E-state index contributed by atoms with van der Waals surface area (Å²) in [5.41, 5.74) is 0. The molecule has 0 aromatic heterocycles. The number of rotatable bonds is 6. The van der Waals surface area contributed by atoms with Crippen molar-refractivity contribution in [3.05, 3.63) is 0 Å². The minimum Gasteiger partial charge on any atom is -0.480 e. The van der Waals surface area contributed by atoms with Crippen LogP contribution in [0.5, 0.6) is 0 Å². The highest BCUT2D eigenvalue weighted by molar-refractivity contribution is 5.84. The van der Waals surface area contributed by atoms with Crippen molar-refractivity contribution in [1.29, 1.82) is 0 Å². The van der Waals surface area contributed by atoms with Crippen LogP contribution in [0.1, 0.15) is 12.8 Å². The second kappa shape index (κ2) is 7.57. The van der Waals surface area contributed by atoms with Crippen molar-refractivity contribution in [1.82, 2.24) is 10.2 Å². The third kappa shape index (κ3) is 6.05. The number of aliphatic carboxylic acids is 2. The average molecular weight is 274 g/mol. The summed E-state index contributed by atoms with van der Waals surface area (Å²) in [6.45, 7) is 0.347. The number of nitrogens with zero attached hydrogens (tertiary/aromatic N) is 1. The zero-order valence-corrected chi connectivity index (χ0v) is 10.5. The molecule has 0 aliphatic carbocycles. The van der Waals surface area contributed by atoms with E-state index in [2.05, 4.69) is 5.32 Å². The minimum absolute atomic E-state index is 0.189. The second-order valence-electron chi connectivity index (χ2n) is 4.41. The Morgan fingerprint density at radius 1 is 1.21 bits per heavy atom. The van der Waals surface area contributed by atoms with E-state index in [1.807, 2.05) is 0 Å². The molecule has 3 N–H and O–H groups in total. The van der Waals surface area contributed by atoms with Crippen LogP contribution in [0, 0.1) is 5.92 Å². The van der Waals surface area contributed by atoms with Gasteiger partial charge in [0.2, 0.25) is 0 Å². The molecule has 19 heavy (non-hydrogen) atoms. The maximum Gasteiger partial charge on any atom is 0.323 e. The van der Waals surface area contributed by atoms with Crippen LogP contribution < -0.4 is 5.32 Å². The molecule has 1 atom stereocenters. The van der Waals surface area contributed by atoms with E-state index in [9.17, 15) is 14.4 Å². The Bertz CT molecular complexity index is 324. The van der Waals surface area contributed by atoms with E-state index in [1.165, 1.54) is 0 Å². The first kappa shape index (κ1) is 15.2. The molecule has 1 saturated heterocycles. The molecule has 0 saturated carbocycles. The van der Waals surface area contributed by atoms with Gasteiger partial charge in [0.15, 0.2) is 0 Å². The van der Waals surface area contributed by atoms with Gasteiger partial charge in [0.25, 0.3) is 0 Å². The van der Waals surface area contributed by atoms with Crippen LogP contribution >= 0.6 is 0 Å². The lowest BCUT2D eigenvalue weighted by atomic mass is 10.0. The summed E-state index contributed by atoms with van der Waals surface area (Å²) >= 11 is 0. The molecular formula is C11H18N2O6. The van der Waals surface area contributed by atoms with Crippen LogP contribution in [0.3, 0.4) is 0 Å². The molecular weight excluding hydrogens is 256 g/mol. The van der Waals surface area contributed by atoms with E-state index in [1.54, 1.807) is 0 Å². The fourth-order valence-corrected chi connectivity index (χ4v) is 1.84. The van der Waals surface area contributed by atoms with Gasteiger partial charge in [0.05, 0.1) is 6.61 Å². The third-order valence-corrected chi connectivity index (χ3v) is 2.74. The van der Waals surface area contributed by atoms with Gasteiger partial charge in [-0.3, -0.25) is 9.59 Å². The quantitative estimate of drug-likeness (QED) is 0.606. The molecule has 1 aliphatic heterocycles. The third-order valence-electron chi connectivity index (χ3n) is 2.74. The molecule has 0 aromatic rings. The summed E-state index contributed by atoms with van der Waals surface area (Å²) in [5.74, 6) is -2.32. The fraction of sp³-hybridized carbons (Fsp3) is 0.727. The van der Waals surface area contributed by atoms with Crippen LogP contribution in [0.4, 0.5) is 4.79 Å². The van der Waals surface area contributed by atoms with Crippen LogP contribution in [0.2, 0.25) is 0 Å². The zero-order chi connectivity index (χ0) is 14.3. The van der Waals surface area contributed by atoms with E-state index in [4.69, 9.17) is 14.9 Å². The van der Waals surface area contributed by atoms with E-state index in [0.29, 0.717) is 19.8 Å². The first-order chi connectivity index (χ1) is 8.99. The van der Waals surface area contributed by atoms with Gasteiger partial charge in [0.1, 0.15) is 13.1 Å². The molecule has 1 unspecified atom stereocenters. The molecule has 108 valence electrons. The van der Waals surface area contributed by atoms with Crippen molar-refractivity contribution < 1.29 is 29.3 Å². The van der Waals surface area contributed by atoms with E-state index in [-0.39, 0.29) is 5.92 Å². The number of hydrogen-bond donors (Lipinski definition) is 3. The lowest BCUT2D eigenvalue weighted by molar-refractivity contribution is -0.140. The summed E-state index contributed by atoms with van der Waals surface area (Å²) in [4.78, 5) is 33.6. The Morgan fingerprint density at radius 2 is 1.84 bits per heavy atom. The lowest BCUT2D eigenvalue weighted by Gasteiger charge is -2.24. The largest absolute Gasteiger partial charge is 0.480 e. The van der Waals surface area contributed by atoms with Gasteiger partial charge in [-0.2, -0.15) is 0 Å². The molecule has 2 amide bonds. The highest BCUT2D eigenvalue weighted by atomic mass is 16.5. The number of nitrogens with one attached hydrogen (secondary N) is 1. The van der Waals surface area contributed by atoms with Gasteiger partial charge in [-0.05, 0) is 18.8 Å². The fourth-order valence-electron chi connectivity index (χ4n) is 1.84. The van der Waals surface area contributed by atoms with Crippen molar-refractivity contribution >= 4 is 18.0 Å². The van der Waals surface area contributed by atoms with Gasteiger partial charge in [0, 0.05) is 13.2 Å². The maximum absolute atomic E-state index is 11.7. The van der Waals surface area contributed by atoms with E-state index in [0.717, 1.165) is 17.7 Å². The maximum atomic E-state index is 11.7. The molecule has 0 radical (unpaired) electrons. The molecule has 8 heteroatoms. The Morgan fingerprint density at radius 3 is 2.32 bits per heavy atom. The van der Waals surface area contributed by atoms with Crippen molar-refractivity contribution in [3.63, 3.8) is 0 Å². The summed E-state index contributed by atoms with van der Waals surface area (Å²) in [6.07, 6.45) is 1.85. The summed E-state index contributed by atoms with van der Waals surface area (Å²) in [6, 6.07) is -0.685. The Hall–Kier alpha value is -1.83. The number of ether oxygens (including phenoxy) is 1. The summed E-state index contributed by atoms with van der Waals surface area (Å²) in [7, 11) is 0. The zero-order valence-electron chi connectivity index (χ0n) is 10.5. The predicted molar refractivity (Wildman–Crippen MR) is 63.8 cm³/mol. The number of hydrogen-bond acceptors (Lipinski definition) is 4. The molecule has 0 bridgehead atoms. The van der Waals surface area contributed by atoms with Crippen molar-refractivity contribution in [2.24, 2.45) is 5.92 Å². The molecule has 0 spiro atoms. The first-order valence-electron chi connectivity index (χ1n) is 6.03. The lowest BCUT2D eigenvalue weighted by Crippen LogP contribution is -2.47. The summed E-state index contributed by atoms with van der Waals surface area (Å²) < 4.78 is 5.25. The van der Waals surface area contributed by atoms with Gasteiger partial charge in [-0.25, -0.2) is 4.79 Å². The number of urea groups is 1. The SMILES string of the molecule is O=C(O)CN(CC(=O)O)C(=O)NCC1CCCOC1. The highest BCUT2D eigenvalue weighted by Gasteiger charge is 2.21. The molecule has 1 heterocycles. The second-order valence-corrected chi connectivity index (χ2v) is 4.41. The summed E-state index contributed by atoms with van der Waals surface area (Å²) in [5, 5.41) is 19.8. The first-order valence-corrected chi connectivity index (χ1v) is 6.03. The van der Waals surface area contributed by atoms with Crippen molar-refractivity contribution in [3.8, 4) is 0 Å². The Kier molecular flexibility index (Phi) is 6.07.